The van der Waals surface area contributed by atoms with E-state index in [2.05, 4.69) is 17.6 Å². The Hall–Kier alpha value is -2.11. The van der Waals surface area contributed by atoms with E-state index in [-0.39, 0.29) is 23.2 Å². The van der Waals surface area contributed by atoms with E-state index in [0.717, 1.165) is 25.7 Å². The number of rotatable bonds is 5. The number of piperazine rings is 1. The fourth-order valence-electron chi connectivity index (χ4n) is 3.95. The monoisotopic (exact) mass is 347 g/mol. The number of nitrogens with zero attached hydrogens (tertiary/aromatic N) is 1. The average molecular weight is 347 g/mol. The molecule has 2 fully saturated rings. The van der Waals surface area contributed by atoms with Crippen LogP contribution in [0, 0.1) is 11.2 Å². The lowest BCUT2D eigenvalue weighted by atomic mass is 9.66. The number of carbonyl (C=O) groups is 2. The topological polar surface area (TPSA) is 61.4 Å². The molecule has 1 saturated heterocycles. The fourth-order valence-corrected chi connectivity index (χ4v) is 3.95. The van der Waals surface area contributed by atoms with Crippen LogP contribution in [0.2, 0.25) is 0 Å². The summed E-state index contributed by atoms with van der Waals surface area (Å²) in [5.41, 5.74) is 0.856. The third-order valence-electron chi connectivity index (χ3n) is 5.47. The summed E-state index contributed by atoms with van der Waals surface area (Å²) in [6.45, 7) is 3.71. The summed E-state index contributed by atoms with van der Waals surface area (Å²) in [6, 6.07) is 4.84. The molecule has 1 aromatic carbocycles. The van der Waals surface area contributed by atoms with Gasteiger partial charge in [0.15, 0.2) is 0 Å². The second-order valence-corrected chi connectivity index (χ2v) is 7.20. The van der Waals surface area contributed by atoms with Crippen LogP contribution in [0.25, 0.3) is 0 Å². The standard InChI is InChI=1S/C19H26FN3O2/c1-2-8-19(9-3-10-19)13-22-18(25)23-12-11-21-17(24)16(23)14-4-6-15(20)7-5-14/h4-7,16H,2-3,8-13H2,1H3,(H,21,24)(H,22,25). The van der Waals surface area contributed by atoms with Gasteiger partial charge in [0.05, 0.1) is 0 Å². The van der Waals surface area contributed by atoms with Gasteiger partial charge in [-0.2, -0.15) is 0 Å². The maximum absolute atomic E-state index is 13.2. The van der Waals surface area contributed by atoms with E-state index in [1.807, 2.05) is 0 Å². The van der Waals surface area contributed by atoms with E-state index in [1.165, 1.54) is 18.6 Å². The highest BCUT2D eigenvalue weighted by Crippen LogP contribution is 2.44. The van der Waals surface area contributed by atoms with Gasteiger partial charge in [-0.3, -0.25) is 4.79 Å². The molecule has 25 heavy (non-hydrogen) atoms. The molecule has 6 heteroatoms. The molecule has 0 bridgehead atoms. The predicted octanol–water partition coefficient (Wildman–Crippen LogP) is 2.98. The Balaban J connectivity index is 1.70. The SMILES string of the molecule is CCCC1(CNC(=O)N2CCNC(=O)C2c2ccc(F)cc2)CCC1. The largest absolute Gasteiger partial charge is 0.352 e. The number of halogens is 1. The third kappa shape index (κ3) is 3.78. The maximum atomic E-state index is 13.2. The number of urea groups is 1. The molecule has 1 unspecified atom stereocenters. The quantitative estimate of drug-likeness (QED) is 0.860. The molecule has 0 aromatic heterocycles. The van der Waals surface area contributed by atoms with Crippen LogP contribution in [0.1, 0.15) is 50.6 Å². The molecule has 1 aromatic rings. The van der Waals surface area contributed by atoms with Crippen molar-refractivity contribution in [3.8, 4) is 0 Å². The minimum absolute atomic E-state index is 0.216. The van der Waals surface area contributed by atoms with E-state index in [0.29, 0.717) is 25.2 Å². The van der Waals surface area contributed by atoms with Crippen LogP contribution in [0.15, 0.2) is 24.3 Å². The minimum atomic E-state index is -0.710. The molecule has 3 amide bonds. The third-order valence-corrected chi connectivity index (χ3v) is 5.47. The van der Waals surface area contributed by atoms with Gasteiger partial charge in [-0.25, -0.2) is 9.18 Å². The lowest BCUT2D eigenvalue weighted by Crippen LogP contribution is -2.56. The van der Waals surface area contributed by atoms with Gasteiger partial charge in [0.2, 0.25) is 5.91 Å². The molecule has 5 nitrogen and oxygen atoms in total. The molecular weight excluding hydrogens is 321 g/mol. The second-order valence-electron chi connectivity index (χ2n) is 7.20. The van der Waals surface area contributed by atoms with Gasteiger partial charge in [-0.05, 0) is 42.4 Å². The van der Waals surface area contributed by atoms with Crippen molar-refractivity contribution >= 4 is 11.9 Å². The van der Waals surface area contributed by atoms with Gasteiger partial charge in [-0.1, -0.05) is 31.9 Å². The Morgan fingerprint density at radius 3 is 2.68 bits per heavy atom. The molecule has 1 heterocycles. The van der Waals surface area contributed by atoms with Gasteiger partial charge in [0.1, 0.15) is 11.9 Å². The van der Waals surface area contributed by atoms with Gasteiger partial charge in [0, 0.05) is 19.6 Å². The Morgan fingerprint density at radius 2 is 2.08 bits per heavy atom. The van der Waals surface area contributed by atoms with Crippen molar-refractivity contribution < 1.29 is 14.0 Å². The van der Waals surface area contributed by atoms with Crippen molar-refractivity contribution in [1.82, 2.24) is 15.5 Å². The number of amides is 3. The van der Waals surface area contributed by atoms with Gasteiger partial charge in [-0.15, -0.1) is 0 Å². The first-order chi connectivity index (χ1) is 12.0. The Labute approximate surface area is 148 Å². The van der Waals surface area contributed by atoms with Crippen molar-refractivity contribution in [2.75, 3.05) is 19.6 Å². The highest BCUT2D eigenvalue weighted by Gasteiger charge is 2.38. The van der Waals surface area contributed by atoms with Crippen LogP contribution in [-0.2, 0) is 4.79 Å². The first-order valence-corrected chi connectivity index (χ1v) is 9.12. The number of nitrogens with one attached hydrogen (secondary N) is 2. The smallest absolute Gasteiger partial charge is 0.318 e. The lowest BCUT2D eigenvalue weighted by molar-refractivity contribution is -0.127. The van der Waals surface area contributed by atoms with Crippen molar-refractivity contribution in [2.24, 2.45) is 5.41 Å². The zero-order chi connectivity index (χ0) is 17.9. The summed E-state index contributed by atoms with van der Waals surface area (Å²) in [7, 11) is 0. The Kier molecular flexibility index (Phi) is 5.25. The van der Waals surface area contributed by atoms with Crippen LogP contribution in [0.5, 0.6) is 0 Å². The van der Waals surface area contributed by atoms with Gasteiger partial charge >= 0.3 is 6.03 Å². The Bertz CT molecular complexity index is 628. The van der Waals surface area contributed by atoms with E-state index < -0.39 is 6.04 Å². The summed E-state index contributed by atoms with van der Waals surface area (Å²) in [5.74, 6) is -0.581. The van der Waals surface area contributed by atoms with Crippen molar-refractivity contribution in [3.05, 3.63) is 35.6 Å². The van der Waals surface area contributed by atoms with Crippen LogP contribution < -0.4 is 10.6 Å². The molecule has 1 atom stereocenters. The first kappa shape index (κ1) is 17.7. The molecule has 2 N–H and O–H groups in total. The summed E-state index contributed by atoms with van der Waals surface area (Å²) in [5, 5.41) is 5.84. The van der Waals surface area contributed by atoms with Gasteiger partial charge < -0.3 is 15.5 Å². The first-order valence-electron chi connectivity index (χ1n) is 9.12. The summed E-state index contributed by atoms with van der Waals surface area (Å²) in [4.78, 5) is 26.6. The van der Waals surface area contributed by atoms with Crippen molar-refractivity contribution in [3.63, 3.8) is 0 Å². The minimum Gasteiger partial charge on any atom is -0.352 e. The molecular formula is C19H26FN3O2. The number of hydrogen-bond acceptors (Lipinski definition) is 2. The summed E-state index contributed by atoms with van der Waals surface area (Å²) < 4.78 is 13.2. The molecule has 0 radical (unpaired) electrons. The number of benzene rings is 1. The molecule has 1 saturated carbocycles. The second kappa shape index (κ2) is 7.42. The van der Waals surface area contributed by atoms with E-state index in [9.17, 15) is 14.0 Å². The number of hydrogen-bond donors (Lipinski definition) is 2. The lowest BCUT2D eigenvalue weighted by Gasteiger charge is -2.43. The van der Waals surface area contributed by atoms with Crippen LogP contribution in [0.3, 0.4) is 0 Å². The van der Waals surface area contributed by atoms with E-state index >= 15 is 0 Å². The van der Waals surface area contributed by atoms with E-state index in [4.69, 9.17) is 0 Å². The molecule has 3 rings (SSSR count). The number of carbonyl (C=O) groups excluding carboxylic acids is 2. The van der Waals surface area contributed by atoms with E-state index in [1.54, 1.807) is 17.0 Å². The molecule has 0 spiro atoms. The highest BCUT2D eigenvalue weighted by atomic mass is 19.1. The summed E-state index contributed by atoms with van der Waals surface area (Å²) in [6.07, 6.45) is 5.77. The average Bonchev–Trinajstić information content (AvgIpc) is 2.57. The fraction of sp³-hybridized carbons (Fsp3) is 0.579. The van der Waals surface area contributed by atoms with Crippen LogP contribution >= 0.6 is 0 Å². The van der Waals surface area contributed by atoms with Gasteiger partial charge in [0.25, 0.3) is 0 Å². The van der Waals surface area contributed by atoms with Crippen LogP contribution in [0.4, 0.5) is 9.18 Å². The highest BCUT2D eigenvalue weighted by molar-refractivity contribution is 5.89. The predicted molar refractivity (Wildman–Crippen MR) is 93.4 cm³/mol. The molecule has 1 aliphatic heterocycles. The van der Waals surface area contributed by atoms with Crippen molar-refractivity contribution in [2.45, 2.75) is 45.1 Å². The molecule has 1 aliphatic carbocycles. The molecule has 136 valence electrons. The zero-order valence-corrected chi connectivity index (χ0v) is 14.7. The zero-order valence-electron chi connectivity index (χ0n) is 14.7. The van der Waals surface area contributed by atoms with Crippen molar-refractivity contribution in [1.29, 1.82) is 0 Å². The maximum Gasteiger partial charge on any atom is 0.318 e. The normalized spacial score (nSPS) is 22.1. The van der Waals surface area contributed by atoms with Crippen LogP contribution in [-0.4, -0.2) is 36.5 Å². The molecule has 2 aliphatic rings. The Morgan fingerprint density at radius 1 is 1.36 bits per heavy atom. The summed E-state index contributed by atoms with van der Waals surface area (Å²) >= 11 is 0.